The van der Waals surface area contributed by atoms with E-state index >= 15 is 0 Å². The highest BCUT2D eigenvalue weighted by Crippen LogP contribution is 2.25. The third-order valence-corrected chi connectivity index (χ3v) is 5.96. The van der Waals surface area contributed by atoms with Crippen LogP contribution in [0.3, 0.4) is 0 Å². The van der Waals surface area contributed by atoms with Crippen LogP contribution in [0.25, 0.3) is 0 Å². The lowest BCUT2D eigenvalue weighted by molar-refractivity contribution is -0.138. The third-order valence-electron chi connectivity index (χ3n) is 2.76. The van der Waals surface area contributed by atoms with Crippen molar-refractivity contribution in [2.45, 2.75) is 16.7 Å². The van der Waals surface area contributed by atoms with Gasteiger partial charge in [0.25, 0.3) is 10.0 Å². The van der Waals surface area contributed by atoms with Crippen molar-refractivity contribution in [2.24, 2.45) is 0 Å². The van der Waals surface area contributed by atoms with Gasteiger partial charge in [0.1, 0.15) is 16.1 Å². The molecule has 2 N–H and O–H groups in total. The highest BCUT2D eigenvalue weighted by Gasteiger charge is 2.26. The van der Waals surface area contributed by atoms with E-state index in [-0.39, 0.29) is 15.0 Å². The van der Waals surface area contributed by atoms with Crippen LogP contribution in [0.1, 0.15) is 5.56 Å². The van der Waals surface area contributed by atoms with Crippen LogP contribution in [0, 0.1) is 5.82 Å². The fraction of sp³-hybridized carbons (Fsp3) is 0.154. The number of sulfonamides is 1. The van der Waals surface area contributed by atoms with Crippen LogP contribution in [0.4, 0.5) is 4.39 Å². The Hall–Kier alpha value is -1.48. The maximum absolute atomic E-state index is 12.8. The van der Waals surface area contributed by atoms with E-state index in [0.29, 0.717) is 5.56 Å². The summed E-state index contributed by atoms with van der Waals surface area (Å²) >= 11 is 6.51. The minimum Gasteiger partial charge on any atom is -0.480 e. The summed E-state index contributed by atoms with van der Waals surface area (Å²) < 4.78 is 39.4. The van der Waals surface area contributed by atoms with Crippen molar-refractivity contribution in [3.05, 3.63) is 52.1 Å². The van der Waals surface area contributed by atoms with Crippen molar-refractivity contribution >= 4 is 38.9 Å². The average molecular weight is 364 g/mol. The Kier molecular flexibility index (Phi) is 5.17. The maximum Gasteiger partial charge on any atom is 0.322 e. The minimum absolute atomic E-state index is 0.0668. The van der Waals surface area contributed by atoms with E-state index in [9.17, 15) is 22.7 Å². The molecule has 2 aromatic rings. The predicted octanol–water partition coefficient (Wildman–Crippen LogP) is 2.51. The van der Waals surface area contributed by atoms with Crippen molar-refractivity contribution in [2.75, 3.05) is 0 Å². The number of benzene rings is 1. The second-order valence-electron chi connectivity index (χ2n) is 4.40. The van der Waals surface area contributed by atoms with E-state index in [4.69, 9.17) is 11.6 Å². The van der Waals surface area contributed by atoms with Gasteiger partial charge in [-0.1, -0.05) is 23.7 Å². The average Bonchev–Trinajstić information content (AvgIpc) is 2.88. The lowest BCUT2D eigenvalue weighted by atomic mass is 10.1. The molecule has 0 aliphatic heterocycles. The van der Waals surface area contributed by atoms with E-state index in [1.54, 1.807) is 0 Å². The number of carbonyl (C=O) groups is 1. The summed E-state index contributed by atoms with van der Waals surface area (Å²) in [6, 6.07) is 6.52. The Morgan fingerprint density at radius 2 is 1.91 bits per heavy atom. The summed E-state index contributed by atoms with van der Waals surface area (Å²) in [6.45, 7) is 0. The molecule has 1 atom stereocenters. The summed E-state index contributed by atoms with van der Waals surface area (Å²) in [5.41, 5.74) is 0.501. The van der Waals surface area contributed by atoms with Crippen LogP contribution in [-0.2, 0) is 21.2 Å². The first-order valence-corrected chi connectivity index (χ1v) is 8.70. The summed E-state index contributed by atoms with van der Waals surface area (Å²) in [7, 11) is -3.98. The van der Waals surface area contributed by atoms with Crippen LogP contribution in [0.2, 0.25) is 4.34 Å². The van der Waals surface area contributed by atoms with Crippen molar-refractivity contribution in [1.82, 2.24) is 4.72 Å². The first-order chi connectivity index (χ1) is 10.3. The molecule has 0 fully saturated rings. The second-order valence-corrected chi connectivity index (χ2v) is 8.06. The van der Waals surface area contributed by atoms with E-state index < -0.39 is 27.9 Å². The number of hydrogen-bond acceptors (Lipinski definition) is 4. The molecule has 9 heteroatoms. The van der Waals surface area contributed by atoms with Crippen molar-refractivity contribution in [1.29, 1.82) is 0 Å². The number of hydrogen-bond donors (Lipinski definition) is 2. The Morgan fingerprint density at radius 1 is 1.27 bits per heavy atom. The van der Waals surface area contributed by atoms with Gasteiger partial charge in [-0.3, -0.25) is 4.79 Å². The molecular formula is C13H11ClFNO4S2. The van der Waals surface area contributed by atoms with Gasteiger partial charge in [-0.05, 0) is 36.2 Å². The van der Waals surface area contributed by atoms with Gasteiger partial charge in [-0.25, -0.2) is 12.8 Å². The largest absolute Gasteiger partial charge is 0.480 e. The lowest BCUT2D eigenvalue weighted by Crippen LogP contribution is -2.42. The SMILES string of the molecule is O=C(O)[C@@H](Cc1ccc(F)cc1)NS(=O)(=O)c1ccc(Cl)s1. The summed E-state index contributed by atoms with van der Waals surface area (Å²) in [6.07, 6.45) is -0.103. The number of halogens is 2. The molecule has 22 heavy (non-hydrogen) atoms. The zero-order valence-electron chi connectivity index (χ0n) is 11.0. The highest BCUT2D eigenvalue weighted by molar-refractivity contribution is 7.91. The summed E-state index contributed by atoms with van der Waals surface area (Å²) in [4.78, 5) is 11.3. The lowest BCUT2D eigenvalue weighted by Gasteiger charge is -2.14. The molecule has 0 aliphatic rings. The van der Waals surface area contributed by atoms with Gasteiger partial charge in [0, 0.05) is 0 Å². The molecule has 1 aromatic carbocycles. The molecule has 0 radical (unpaired) electrons. The highest BCUT2D eigenvalue weighted by atomic mass is 35.5. The molecule has 0 saturated heterocycles. The number of nitrogens with one attached hydrogen (secondary N) is 1. The topological polar surface area (TPSA) is 83.5 Å². The fourth-order valence-electron chi connectivity index (χ4n) is 1.72. The summed E-state index contributed by atoms with van der Waals surface area (Å²) in [5.74, 6) is -1.78. The first kappa shape index (κ1) is 16.9. The molecule has 0 unspecified atom stereocenters. The van der Waals surface area contributed by atoms with Gasteiger partial charge in [0.15, 0.2) is 0 Å². The number of carboxylic acid groups (broad SMARTS) is 1. The van der Waals surface area contributed by atoms with Crippen LogP contribution >= 0.6 is 22.9 Å². The van der Waals surface area contributed by atoms with Crippen molar-refractivity contribution in [3.8, 4) is 0 Å². The molecule has 1 heterocycles. The Morgan fingerprint density at radius 3 is 2.41 bits per heavy atom. The second kappa shape index (κ2) is 6.74. The van der Waals surface area contributed by atoms with Gasteiger partial charge in [0.05, 0.1) is 4.34 Å². The van der Waals surface area contributed by atoms with Gasteiger partial charge >= 0.3 is 5.97 Å². The third kappa shape index (κ3) is 4.26. The van der Waals surface area contributed by atoms with E-state index in [2.05, 4.69) is 4.72 Å². The van der Waals surface area contributed by atoms with E-state index in [0.717, 1.165) is 11.3 Å². The molecule has 2 rings (SSSR count). The first-order valence-electron chi connectivity index (χ1n) is 6.03. The van der Waals surface area contributed by atoms with Crippen LogP contribution in [0.5, 0.6) is 0 Å². The van der Waals surface area contributed by atoms with Crippen LogP contribution in [0.15, 0.2) is 40.6 Å². The Bertz CT molecular complexity index is 774. The number of thiophene rings is 1. The molecule has 5 nitrogen and oxygen atoms in total. The number of carboxylic acids is 1. The molecular weight excluding hydrogens is 353 g/mol. The van der Waals surface area contributed by atoms with E-state index in [1.807, 2.05) is 0 Å². The molecule has 0 aliphatic carbocycles. The predicted molar refractivity (Wildman–Crippen MR) is 81.2 cm³/mol. The molecule has 0 spiro atoms. The molecule has 118 valence electrons. The molecule has 0 bridgehead atoms. The van der Waals surface area contributed by atoms with Crippen molar-refractivity contribution in [3.63, 3.8) is 0 Å². The zero-order valence-corrected chi connectivity index (χ0v) is 13.4. The summed E-state index contributed by atoms with van der Waals surface area (Å²) in [5, 5.41) is 9.18. The smallest absolute Gasteiger partial charge is 0.322 e. The molecule has 0 saturated carbocycles. The van der Waals surface area contributed by atoms with Gasteiger partial charge in [-0.2, -0.15) is 4.72 Å². The maximum atomic E-state index is 12.8. The standard InChI is InChI=1S/C13H11ClFNO4S2/c14-11-5-6-12(21-11)22(19,20)16-10(13(17)18)7-8-1-3-9(15)4-2-8/h1-6,10,16H,7H2,(H,17,18)/t10-/m1/s1. The zero-order chi connectivity index (χ0) is 16.3. The molecule has 0 amide bonds. The van der Waals surface area contributed by atoms with Gasteiger partial charge in [-0.15, -0.1) is 11.3 Å². The van der Waals surface area contributed by atoms with E-state index in [1.165, 1.54) is 36.4 Å². The normalized spacial score (nSPS) is 13.0. The van der Waals surface area contributed by atoms with Crippen molar-refractivity contribution < 1.29 is 22.7 Å². The number of rotatable bonds is 6. The van der Waals surface area contributed by atoms with Crippen LogP contribution < -0.4 is 4.72 Å². The van der Waals surface area contributed by atoms with Crippen LogP contribution in [-0.4, -0.2) is 25.5 Å². The minimum atomic E-state index is -3.98. The Balaban J connectivity index is 2.18. The monoisotopic (exact) mass is 363 g/mol. The quantitative estimate of drug-likeness (QED) is 0.826. The van der Waals surface area contributed by atoms with Gasteiger partial charge < -0.3 is 5.11 Å². The number of aliphatic carboxylic acids is 1. The Labute approximate surface area is 135 Å². The molecule has 1 aromatic heterocycles. The van der Waals surface area contributed by atoms with Gasteiger partial charge in [0.2, 0.25) is 0 Å². The fourth-order valence-corrected chi connectivity index (χ4v) is 4.41.